The van der Waals surface area contributed by atoms with Gasteiger partial charge in [-0.2, -0.15) is 5.48 Å². The number of hydrogen-bond donors (Lipinski definition) is 2. The van der Waals surface area contributed by atoms with Crippen LogP contribution < -0.4 is 40.8 Å². The van der Waals surface area contributed by atoms with Crippen LogP contribution in [-0.2, 0) is 9.63 Å². The number of carbonyl (C=O) groups excluding carboxylic acids is 1. The van der Waals surface area contributed by atoms with Crippen LogP contribution in [0.4, 0.5) is 0 Å². The second-order valence-electron chi connectivity index (χ2n) is 1.51. The topological polar surface area (TPSA) is 64.3 Å². The van der Waals surface area contributed by atoms with Crippen molar-refractivity contribution in [2.24, 2.45) is 5.73 Å². The van der Waals surface area contributed by atoms with Gasteiger partial charge in [0.2, 0.25) is 0 Å². The molecule has 0 aliphatic heterocycles. The summed E-state index contributed by atoms with van der Waals surface area (Å²) in [6.45, 7) is 2.70. The maximum atomic E-state index is 10.4. The van der Waals surface area contributed by atoms with Gasteiger partial charge in [-0.05, 0) is 0 Å². The Balaban J connectivity index is -0.000000320. The summed E-state index contributed by atoms with van der Waals surface area (Å²) in [7, 11) is 0. The van der Waals surface area contributed by atoms with Gasteiger partial charge < -0.3 is 12.0 Å². The smallest absolute Gasteiger partial charge is 1.00 e. The fourth-order valence-electron chi connectivity index (χ4n) is 0.263. The minimum atomic E-state index is -0.261. The molecule has 0 rings (SSSR count). The summed E-state index contributed by atoms with van der Waals surface area (Å²) in [5, 5.41) is 0. The molecule has 0 aliphatic rings. The zero-order valence-corrected chi connectivity index (χ0v) is 8.52. The van der Waals surface area contributed by atoms with Crippen LogP contribution in [0, 0.1) is 0 Å². The van der Waals surface area contributed by atoms with E-state index in [4.69, 9.17) is 5.73 Å². The van der Waals surface area contributed by atoms with Gasteiger partial charge in [0, 0.05) is 19.5 Å². The largest absolute Gasteiger partial charge is 1.00 e. The predicted octanol–water partition coefficient (Wildman–Crippen LogP) is -3.48. The van der Waals surface area contributed by atoms with Gasteiger partial charge in [0.15, 0.2) is 0 Å². The number of carbonyl (C=O) groups is 1. The van der Waals surface area contributed by atoms with Crippen LogP contribution in [0.2, 0.25) is 0 Å². The van der Waals surface area contributed by atoms with Crippen LogP contribution in [0.15, 0.2) is 0 Å². The molecular formula is C5H13N2NaO2. The summed E-state index contributed by atoms with van der Waals surface area (Å²) in [4.78, 5) is 14.8. The Labute approximate surface area is 84.2 Å². The Bertz CT molecular complexity index is 94.6. The molecule has 56 valence electrons. The molecule has 0 aromatic rings. The molecule has 0 amide bonds. The van der Waals surface area contributed by atoms with Crippen molar-refractivity contribution >= 4 is 5.97 Å². The molecule has 0 bridgehead atoms. The summed E-state index contributed by atoms with van der Waals surface area (Å²) < 4.78 is 0. The average molecular weight is 156 g/mol. The van der Waals surface area contributed by atoms with E-state index in [-0.39, 0.29) is 37.0 Å². The normalized spacial score (nSPS) is 8.20. The van der Waals surface area contributed by atoms with Crippen molar-refractivity contribution in [1.29, 1.82) is 0 Å². The maximum Gasteiger partial charge on any atom is 1.00 e. The molecule has 4 nitrogen and oxygen atoms in total. The fraction of sp³-hybridized carbons (Fsp3) is 0.800. The summed E-state index contributed by atoms with van der Waals surface area (Å²) in [6, 6.07) is 0. The van der Waals surface area contributed by atoms with E-state index < -0.39 is 0 Å². The number of rotatable bonds is 4. The van der Waals surface area contributed by atoms with Crippen molar-refractivity contribution in [3.8, 4) is 0 Å². The number of nitrogens with two attached hydrogens (primary N) is 1. The molecule has 0 unspecified atom stereocenters. The third kappa shape index (κ3) is 8.39. The Kier molecular flexibility index (Phi) is 12.2. The number of hydrogen-bond acceptors (Lipinski definition) is 4. The van der Waals surface area contributed by atoms with Gasteiger partial charge in [0.05, 0.1) is 0 Å². The molecule has 0 saturated heterocycles. The van der Waals surface area contributed by atoms with E-state index in [0.29, 0.717) is 19.5 Å². The van der Waals surface area contributed by atoms with E-state index in [0.717, 1.165) is 0 Å². The monoisotopic (exact) mass is 156 g/mol. The van der Waals surface area contributed by atoms with Gasteiger partial charge in [-0.1, -0.05) is 6.92 Å². The molecule has 0 radical (unpaired) electrons. The van der Waals surface area contributed by atoms with Gasteiger partial charge in [0.25, 0.3) is 0 Å². The Morgan fingerprint density at radius 1 is 1.80 bits per heavy atom. The molecule has 3 N–H and O–H groups in total. The van der Waals surface area contributed by atoms with E-state index in [1.54, 1.807) is 6.92 Å². The zero-order chi connectivity index (χ0) is 7.11. The van der Waals surface area contributed by atoms with Crippen LogP contribution >= 0.6 is 0 Å². The third-order valence-electron chi connectivity index (χ3n) is 0.721. The molecule has 0 aromatic heterocycles. The molecule has 0 heterocycles. The van der Waals surface area contributed by atoms with E-state index in [2.05, 4.69) is 10.3 Å². The second kappa shape index (κ2) is 9.39. The standard InChI is InChI=1S/C5H12N2O2.Na.H/c1-2-5(8)9-7-4-3-6;;/h7H,2-4,6H2,1H3;;/q;+1;-1. The number of nitrogens with one attached hydrogen (secondary N) is 1. The first-order valence-electron chi connectivity index (χ1n) is 2.93. The minimum absolute atomic E-state index is 0. The second-order valence-corrected chi connectivity index (χ2v) is 1.51. The van der Waals surface area contributed by atoms with E-state index >= 15 is 0 Å². The van der Waals surface area contributed by atoms with Crippen LogP contribution in [-0.4, -0.2) is 19.1 Å². The van der Waals surface area contributed by atoms with Crippen molar-refractivity contribution < 1.29 is 40.6 Å². The Morgan fingerprint density at radius 3 is 2.80 bits per heavy atom. The van der Waals surface area contributed by atoms with Crippen LogP contribution in [0.25, 0.3) is 0 Å². The summed E-state index contributed by atoms with van der Waals surface area (Å²) in [5.74, 6) is -0.261. The third-order valence-corrected chi connectivity index (χ3v) is 0.721. The van der Waals surface area contributed by atoms with Crippen molar-refractivity contribution in [3.05, 3.63) is 0 Å². The molecule has 0 atom stereocenters. The SMILES string of the molecule is CCC(=O)ONCCN.[H-].[Na+]. The van der Waals surface area contributed by atoms with Crippen LogP contribution in [0.5, 0.6) is 0 Å². The quantitative estimate of drug-likeness (QED) is 0.252. The van der Waals surface area contributed by atoms with Crippen molar-refractivity contribution in [1.82, 2.24) is 5.48 Å². The summed E-state index contributed by atoms with van der Waals surface area (Å²) in [5.41, 5.74) is 7.51. The Morgan fingerprint density at radius 2 is 2.40 bits per heavy atom. The van der Waals surface area contributed by atoms with Gasteiger partial charge in [0.1, 0.15) is 0 Å². The zero-order valence-electron chi connectivity index (χ0n) is 7.52. The van der Waals surface area contributed by atoms with Crippen LogP contribution in [0.1, 0.15) is 14.8 Å². The molecule has 0 saturated carbocycles. The number of hydroxylamine groups is 1. The minimum Gasteiger partial charge on any atom is -1.00 e. The molecular weight excluding hydrogens is 143 g/mol. The van der Waals surface area contributed by atoms with Crippen molar-refractivity contribution in [2.75, 3.05) is 13.1 Å². The van der Waals surface area contributed by atoms with Crippen molar-refractivity contribution in [2.45, 2.75) is 13.3 Å². The molecule has 0 fully saturated rings. The molecule has 5 heteroatoms. The first kappa shape index (κ1) is 13.0. The van der Waals surface area contributed by atoms with Gasteiger partial charge >= 0.3 is 35.5 Å². The average Bonchev–Trinajstić information content (AvgIpc) is 1.89. The molecule has 10 heavy (non-hydrogen) atoms. The molecule has 0 aliphatic carbocycles. The van der Waals surface area contributed by atoms with Crippen molar-refractivity contribution in [3.63, 3.8) is 0 Å². The first-order valence-corrected chi connectivity index (χ1v) is 2.93. The molecule has 0 spiro atoms. The van der Waals surface area contributed by atoms with E-state index in [1.807, 2.05) is 0 Å². The maximum absolute atomic E-state index is 10.4. The fourth-order valence-corrected chi connectivity index (χ4v) is 0.263. The van der Waals surface area contributed by atoms with E-state index in [1.165, 1.54) is 0 Å². The summed E-state index contributed by atoms with van der Waals surface area (Å²) in [6.07, 6.45) is 0.386. The predicted molar refractivity (Wildman–Crippen MR) is 34.6 cm³/mol. The van der Waals surface area contributed by atoms with Crippen LogP contribution in [0.3, 0.4) is 0 Å². The van der Waals surface area contributed by atoms with Gasteiger partial charge in [-0.3, -0.25) is 4.79 Å². The van der Waals surface area contributed by atoms with E-state index in [9.17, 15) is 4.79 Å². The summed E-state index contributed by atoms with van der Waals surface area (Å²) >= 11 is 0. The Hall–Kier alpha value is 0.390. The molecule has 0 aromatic carbocycles. The van der Waals surface area contributed by atoms with Gasteiger partial charge in [-0.25, -0.2) is 0 Å². The first-order chi connectivity index (χ1) is 4.31. The van der Waals surface area contributed by atoms with Gasteiger partial charge in [-0.15, -0.1) is 0 Å².